The molecule has 1 saturated carbocycles. The van der Waals surface area contributed by atoms with Gasteiger partial charge in [-0.05, 0) is 55.2 Å². The van der Waals surface area contributed by atoms with E-state index in [0.717, 1.165) is 69.0 Å². The molecule has 1 aromatic rings. The maximum atomic E-state index is 10.6. The summed E-state index contributed by atoms with van der Waals surface area (Å²) in [5.74, 6) is 3.83. The van der Waals surface area contributed by atoms with Crippen LogP contribution in [0.4, 0.5) is 0 Å². The fourth-order valence-corrected chi connectivity index (χ4v) is 5.45. The monoisotopic (exact) mass is 434 g/mol. The van der Waals surface area contributed by atoms with E-state index in [0.29, 0.717) is 25.4 Å². The van der Waals surface area contributed by atoms with E-state index in [1.165, 1.54) is 23.3 Å². The molecule has 31 heavy (non-hydrogen) atoms. The number of nitrogens with one attached hydrogen (secondary N) is 2. The number of rotatable bonds is 8. The third-order valence-corrected chi connectivity index (χ3v) is 7.69. The number of aliphatic hydroxyl groups excluding tert-OH is 1. The van der Waals surface area contributed by atoms with Gasteiger partial charge in [-0.15, -0.1) is 0 Å². The molecule has 3 aliphatic rings. The van der Waals surface area contributed by atoms with Crippen LogP contribution in [0.15, 0.2) is 18.2 Å². The summed E-state index contributed by atoms with van der Waals surface area (Å²) in [5.41, 5.74) is 1.30. The quantitative estimate of drug-likeness (QED) is 0.559. The van der Waals surface area contributed by atoms with Gasteiger partial charge in [0.05, 0.1) is 12.7 Å². The average molecular weight is 435 g/mol. The van der Waals surface area contributed by atoms with Crippen LogP contribution in [0.5, 0.6) is 11.5 Å². The minimum absolute atomic E-state index is 0.314. The molecule has 4 atom stereocenters. The van der Waals surface area contributed by atoms with Crippen molar-refractivity contribution in [1.82, 2.24) is 0 Å². The van der Waals surface area contributed by atoms with Crippen LogP contribution in [-0.4, -0.2) is 63.4 Å². The van der Waals surface area contributed by atoms with Crippen molar-refractivity contribution in [2.24, 2.45) is 17.8 Å². The highest BCUT2D eigenvalue weighted by atomic mass is 16.7. The van der Waals surface area contributed by atoms with Gasteiger partial charge in [0.1, 0.15) is 45.4 Å². The van der Waals surface area contributed by atoms with Gasteiger partial charge < -0.3 is 29.1 Å². The summed E-state index contributed by atoms with van der Waals surface area (Å²) >= 11 is 0. The summed E-state index contributed by atoms with van der Waals surface area (Å²) in [5, 5.41) is 10.6. The van der Waals surface area contributed by atoms with E-state index in [9.17, 15) is 5.11 Å². The van der Waals surface area contributed by atoms with Gasteiger partial charge in [-0.1, -0.05) is 20.8 Å². The molecule has 1 aromatic carbocycles. The number of fused-ring (bicyclic) bond motifs is 1. The molecule has 0 radical (unpaired) electrons. The summed E-state index contributed by atoms with van der Waals surface area (Å²) in [7, 11) is 0. The third-order valence-electron chi connectivity index (χ3n) is 7.69. The summed E-state index contributed by atoms with van der Waals surface area (Å²) in [6.07, 6.45) is 3.68. The molecular weight excluding hydrogens is 392 g/mol. The number of quaternary nitrogens is 2. The molecule has 174 valence electrons. The number of benzene rings is 1. The van der Waals surface area contributed by atoms with Crippen LogP contribution >= 0.6 is 0 Å². The highest BCUT2D eigenvalue weighted by molar-refractivity contribution is 5.44. The van der Waals surface area contributed by atoms with Crippen LogP contribution < -0.4 is 19.3 Å². The zero-order valence-corrected chi connectivity index (χ0v) is 19.6. The topological polar surface area (TPSA) is 56.8 Å². The standard InChI is InChI=1S/C25H40N2O4/c1-18(2)21-6-4-19(3)24(13-21)29-16-22(28)15-27-10-8-26(9-11-27)14-20-5-7-23-25(12-20)31-17-30-23/h5,7,12,18-19,21-22,24,28H,4,6,8-11,13-17H2,1-3H3/p+2/t19-,21-,22-,24+/m1/s1. The predicted octanol–water partition coefficient (Wildman–Crippen LogP) is 0.537. The van der Waals surface area contributed by atoms with Crippen molar-refractivity contribution in [3.63, 3.8) is 0 Å². The van der Waals surface area contributed by atoms with Gasteiger partial charge in [-0.3, -0.25) is 0 Å². The SMILES string of the molecule is CC(C)[C@@H]1CC[C@@H](C)[C@@H](OC[C@H](O)C[NH+]2CC[NH+](Cc3ccc4c(c3)OCO4)CC2)C1. The van der Waals surface area contributed by atoms with Gasteiger partial charge in [0, 0.05) is 5.56 Å². The van der Waals surface area contributed by atoms with Gasteiger partial charge in [-0.25, -0.2) is 0 Å². The van der Waals surface area contributed by atoms with Crippen molar-refractivity contribution >= 4 is 0 Å². The van der Waals surface area contributed by atoms with Gasteiger partial charge in [0.25, 0.3) is 0 Å². The molecule has 3 N–H and O–H groups in total. The van der Waals surface area contributed by atoms with Crippen molar-refractivity contribution in [2.45, 2.75) is 58.8 Å². The van der Waals surface area contributed by atoms with Crippen molar-refractivity contribution in [1.29, 1.82) is 0 Å². The van der Waals surface area contributed by atoms with Gasteiger partial charge in [0.15, 0.2) is 11.5 Å². The lowest BCUT2D eigenvalue weighted by atomic mass is 9.76. The fourth-order valence-electron chi connectivity index (χ4n) is 5.45. The van der Waals surface area contributed by atoms with Gasteiger partial charge in [0.2, 0.25) is 6.79 Å². The molecule has 0 aromatic heterocycles. The second-order valence-corrected chi connectivity index (χ2v) is 10.4. The smallest absolute Gasteiger partial charge is 0.231 e. The molecule has 1 saturated heterocycles. The molecule has 1 aliphatic carbocycles. The lowest BCUT2D eigenvalue weighted by Crippen LogP contribution is -3.28. The Labute approximate surface area is 187 Å². The first-order chi connectivity index (χ1) is 15.0. The van der Waals surface area contributed by atoms with Gasteiger partial charge >= 0.3 is 0 Å². The zero-order valence-electron chi connectivity index (χ0n) is 19.6. The molecule has 0 unspecified atom stereocenters. The number of ether oxygens (including phenoxy) is 3. The van der Waals surface area contributed by atoms with E-state index in [-0.39, 0.29) is 6.10 Å². The molecule has 0 amide bonds. The van der Waals surface area contributed by atoms with Crippen LogP contribution in [-0.2, 0) is 11.3 Å². The van der Waals surface area contributed by atoms with Crippen molar-refractivity contribution in [3.05, 3.63) is 23.8 Å². The minimum Gasteiger partial charge on any atom is -0.454 e. The molecule has 4 rings (SSSR count). The Bertz CT molecular complexity index is 705. The van der Waals surface area contributed by atoms with Crippen LogP contribution in [0.1, 0.15) is 45.6 Å². The minimum atomic E-state index is -0.364. The number of piperazine rings is 1. The summed E-state index contributed by atoms with van der Waals surface area (Å²) in [6, 6.07) is 6.29. The Morgan fingerprint density at radius 3 is 2.58 bits per heavy atom. The van der Waals surface area contributed by atoms with Crippen LogP contribution in [0.25, 0.3) is 0 Å². The van der Waals surface area contributed by atoms with Crippen LogP contribution in [0.2, 0.25) is 0 Å². The largest absolute Gasteiger partial charge is 0.454 e. The summed E-state index contributed by atoms with van der Waals surface area (Å²) < 4.78 is 17.1. The Morgan fingerprint density at radius 2 is 1.81 bits per heavy atom. The first-order valence-corrected chi connectivity index (χ1v) is 12.3. The fraction of sp³-hybridized carbons (Fsp3) is 0.760. The van der Waals surface area contributed by atoms with E-state index in [1.54, 1.807) is 4.90 Å². The highest BCUT2D eigenvalue weighted by Gasteiger charge is 2.31. The Hall–Kier alpha value is -1.34. The summed E-state index contributed by atoms with van der Waals surface area (Å²) in [4.78, 5) is 3.10. The maximum Gasteiger partial charge on any atom is 0.231 e. The van der Waals surface area contributed by atoms with E-state index in [4.69, 9.17) is 14.2 Å². The second-order valence-electron chi connectivity index (χ2n) is 10.4. The number of hydrogen-bond acceptors (Lipinski definition) is 4. The van der Waals surface area contributed by atoms with Crippen molar-refractivity contribution in [2.75, 3.05) is 46.1 Å². The van der Waals surface area contributed by atoms with Crippen LogP contribution in [0, 0.1) is 17.8 Å². The average Bonchev–Trinajstić information content (AvgIpc) is 3.22. The third kappa shape index (κ3) is 6.13. The Kier molecular flexibility index (Phi) is 7.75. The highest BCUT2D eigenvalue weighted by Crippen LogP contribution is 2.35. The maximum absolute atomic E-state index is 10.6. The number of hydrogen-bond donors (Lipinski definition) is 3. The van der Waals surface area contributed by atoms with E-state index >= 15 is 0 Å². The Balaban J connectivity index is 1.16. The number of aliphatic hydroxyl groups is 1. The lowest BCUT2D eigenvalue weighted by molar-refractivity contribution is -1.02. The van der Waals surface area contributed by atoms with E-state index < -0.39 is 0 Å². The predicted molar refractivity (Wildman–Crippen MR) is 120 cm³/mol. The molecule has 6 nitrogen and oxygen atoms in total. The normalized spacial score (nSPS) is 31.7. The first kappa shape index (κ1) is 22.8. The summed E-state index contributed by atoms with van der Waals surface area (Å²) in [6.45, 7) is 14.1. The molecule has 0 bridgehead atoms. The van der Waals surface area contributed by atoms with E-state index in [1.807, 2.05) is 6.07 Å². The van der Waals surface area contributed by atoms with Crippen molar-refractivity contribution in [3.8, 4) is 11.5 Å². The van der Waals surface area contributed by atoms with E-state index in [2.05, 4.69) is 32.9 Å². The van der Waals surface area contributed by atoms with Crippen molar-refractivity contribution < 1.29 is 29.1 Å². The molecular formula is C25H42N2O4+2. The molecule has 2 aliphatic heterocycles. The molecule has 2 fully saturated rings. The molecule has 2 heterocycles. The first-order valence-electron chi connectivity index (χ1n) is 12.3. The molecule has 0 spiro atoms. The zero-order chi connectivity index (χ0) is 21.8. The Morgan fingerprint density at radius 1 is 1.06 bits per heavy atom. The second kappa shape index (κ2) is 10.5. The van der Waals surface area contributed by atoms with Crippen LogP contribution in [0.3, 0.4) is 0 Å². The molecule has 6 heteroatoms. The lowest BCUT2D eigenvalue weighted by Gasteiger charge is -2.36. The van der Waals surface area contributed by atoms with Gasteiger partial charge in [-0.2, -0.15) is 0 Å².